The molecule has 1 aromatic carbocycles. The van der Waals surface area contributed by atoms with E-state index in [1.54, 1.807) is 6.08 Å². The van der Waals surface area contributed by atoms with E-state index < -0.39 is 0 Å². The van der Waals surface area contributed by atoms with Gasteiger partial charge in [0.25, 0.3) is 0 Å². The number of ether oxygens (including phenoxy) is 1. The molecule has 0 bridgehead atoms. The van der Waals surface area contributed by atoms with Crippen molar-refractivity contribution in [1.82, 2.24) is 5.32 Å². The fraction of sp³-hybridized carbons (Fsp3) is 0.214. The molecule has 1 N–H and O–H groups in total. The topological polar surface area (TPSA) is 38.3 Å². The van der Waals surface area contributed by atoms with Crippen LogP contribution in [0.3, 0.4) is 0 Å². The third kappa shape index (κ3) is 5.06. The van der Waals surface area contributed by atoms with E-state index in [4.69, 9.17) is 16.3 Å². The van der Waals surface area contributed by atoms with Gasteiger partial charge in [0, 0.05) is 16.7 Å². The lowest BCUT2D eigenvalue weighted by molar-refractivity contribution is -0.116. The highest BCUT2D eigenvalue weighted by atomic mass is 35.5. The Bertz CT molecular complexity index is 455. The summed E-state index contributed by atoms with van der Waals surface area (Å²) < 4.78 is 5.45. The Labute approximate surface area is 112 Å². The molecule has 0 aliphatic carbocycles. The number of nitrogens with one attached hydrogen (secondary N) is 1. The van der Waals surface area contributed by atoms with Crippen LogP contribution in [-0.4, -0.2) is 19.1 Å². The largest absolute Gasteiger partial charge is 0.493 e. The molecular weight excluding hydrogens is 250 g/mol. The minimum atomic E-state index is -0.219. The third-order valence-corrected chi connectivity index (χ3v) is 2.22. The van der Waals surface area contributed by atoms with Crippen LogP contribution >= 0.6 is 11.6 Å². The number of rotatable bonds is 6. The van der Waals surface area contributed by atoms with Crippen molar-refractivity contribution < 1.29 is 9.53 Å². The molecule has 0 aromatic heterocycles. The van der Waals surface area contributed by atoms with Crippen molar-refractivity contribution in [3.05, 3.63) is 47.5 Å². The first kappa shape index (κ1) is 14.3. The molecule has 0 radical (unpaired) electrons. The van der Waals surface area contributed by atoms with Crippen LogP contribution in [0.5, 0.6) is 5.75 Å². The molecule has 0 unspecified atom stereocenters. The third-order valence-electron chi connectivity index (χ3n) is 2.09. The average Bonchev–Trinajstić information content (AvgIpc) is 2.35. The van der Waals surface area contributed by atoms with Crippen molar-refractivity contribution in [3.8, 4) is 5.75 Å². The van der Waals surface area contributed by atoms with Gasteiger partial charge in [-0.1, -0.05) is 36.4 Å². The fourth-order valence-electron chi connectivity index (χ4n) is 1.31. The van der Waals surface area contributed by atoms with Gasteiger partial charge in [-0.15, -0.1) is 0 Å². The lowest BCUT2D eigenvalue weighted by Crippen LogP contribution is -2.21. The zero-order valence-electron chi connectivity index (χ0n) is 10.3. The summed E-state index contributed by atoms with van der Waals surface area (Å²) in [5.74, 6) is 0.536. The quantitative estimate of drug-likeness (QED) is 0.803. The van der Waals surface area contributed by atoms with Gasteiger partial charge >= 0.3 is 0 Å². The highest BCUT2D eigenvalue weighted by molar-refractivity contribution is 6.29. The van der Waals surface area contributed by atoms with Gasteiger partial charge in [-0.25, -0.2) is 0 Å². The van der Waals surface area contributed by atoms with E-state index >= 15 is 0 Å². The minimum Gasteiger partial charge on any atom is -0.493 e. The summed E-state index contributed by atoms with van der Waals surface area (Å²) in [6, 6.07) is 7.53. The van der Waals surface area contributed by atoms with E-state index in [-0.39, 0.29) is 12.5 Å². The number of halogens is 1. The zero-order chi connectivity index (χ0) is 13.4. The Morgan fingerprint density at radius 1 is 1.50 bits per heavy atom. The summed E-state index contributed by atoms with van der Waals surface area (Å²) in [5.41, 5.74) is 0.860. The van der Waals surface area contributed by atoms with Crippen LogP contribution in [0.15, 0.2) is 42.0 Å². The van der Waals surface area contributed by atoms with Crippen LogP contribution in [0.1, 0.15) is 12.5 Å². The molecule has 1 rings (SSSR count). The molecule has 0 atom stereocenters. The summed E-state index contributed by atoms with van der Waals surface area (Å²) in [5, 5.41) is 3.00. The maximum Gasteiger partial charge on any atom is 0.244 e. The molecule has 0 aliphatic rings. The molecular formula is C14H16ClNO2. The summed E-state index contributed by atoms with van der Waals surface area (Å²) >= 11 is 5.55. The van der Waals surface area contributed by atoms with Crippen LogP contribution in [0.2, 0.25) is 0 Å². The molecule has 18 heavy (non-hydrogen) atoms. The first-order valence-corrected chi connectivity index (χ1v) is 6.02. The number of amides is 1. The molecule has 0 aliphatic heterocycles. The number of hydrogen-bond acceptors (Lipinski definition) is 2. The summed E-state index contributed by atoms with van der Waals surface area (Å²) in [6.45, 7) is 6.25. The monoisotopic (exact) mass is 265 g/mol. The highest BCUT2D eigenvalue weighted by Gasteiger charge is 2.00. The number of carbonyl (C=O) groups excluding carboxylic acids is 1. The minimum absolute atomic E-state index is 0.219. The van der Waals surface area contributed by atoms with Crippen molar-refractivity contribution in [2.45, 2.75) is 6.92 Å². The first-order valence-electron chi connectivity index (χ1n) is 5.64. The lowest BCUT2D eigenvalue weighted by Gasteiger charge is -2.06. The van der Waals surface area contributed by atoms with Crippen molar-refractivity contribution >= 4 is 23.6 Å². The second-order valence-electron chi connectivity index (χ2n) is 3.54. The van der Waals surface area contributed by atoms with Crippen molar-refractivity contribution in [2.75, 3.05) is 13.2 Å². The highest BCUT2D eigenvalue weighted by Crippen LogP contribution is 2.19. The second kappa shape index (κ2) is 7.56. The Balaban J connectivity index is 2.65. The zero-order valence-corrected chi connectivity index (χ0v) is 11.0. The predicted molar refractivity (Wildman–Crippen MR) is 74.6 cm³/mol. The van der Waals surface area contributed by atoms with Crippen molar-refractivity contribution in [2.24, 2.45) is 0 Å². The maximum absolute atomic E-state index is 11.5. The van der Waals surface area contributed by atoms with Crippen LogP contribution in [0.4, 0.5) is 0 Å². The molecule has 0 saturated heterocycles. The van der Waals surface area contributed by atoms with Gasteiger partial charge < -0.3 is 10.1 Å². The van der Waals surface area contributed by atoms with E-state index in [0.29, 0.717) is 11.6 Å². The van der Waals surface area contributed by atoms with Crippen LogP contribution in [0.25, 0.3) is 6.08 Å². The van der Waals surface area contributed by atoms with Crippen LogP contribution in [0, 0.1) is 0 Å². The predicted octanol–water partition coefficient (Wildman–Crippen LogP) is 2.97. The summed E-state index contributed by atoms with van der Waals surface area (Å²) in [4.78, 5) is 11.5. The fourth-order valence-corrected chi connectivity index (χ4v) is 1.38. The van der Waals surface area contributed by atoms with E-state index in [0.717, 1.165) is 11.3 Å². The van der Waals surface area contributed by atoms with Gasteiger partial charge in [0.1, 0.15) is 5.75 Å². The number of carbonyl (C=O) groups is 1. The summed E-state index contributed by atoms with van der Waals surface area (Å²) in [7, 11) is 0. The van der Waals surface area contributed by atoms with E-state index in [2.05, 4.69) is 11.9 Å². The van der Waals surface area contributed by atoms with Gasteiger partial charge in [-0.3, -0.25) is 4.79 Å². The molecule has 96 valence electrons. The Morgan fingerprint density at radius 2 is 2.22 bits per heavy atom. The average molecular weight is 266 g/mol. The second-order valence-corrected chi connectivity index (χ2v) is 4.07. The molecule has 0 spiro atoms. The molecule has 3 nitrogen and oxygen atoms in total. The Morgan fingerprint density at radius 3 is 2.89 bits per heavy atom. The van der Waals surface area contributed by atoms with Gasteiger partial charge in [-0.05, 0) is 19.1 Å². The smallest absolute Gasteiger partial charge is 0.244 e. The normalized spacial score (nSPS) is 10.3. The maximum atomic E-state index is 11.5. The van der Waals surface area contributed by atoms with Gasteiger partial charge in [0.2, 0.25) is 5.91 Å². The number of hydrogen-bond donors (Lipinski definition) is 1. The first-order chi connectivity index (χ1) is 8.63. The Hall–Kier alpha value is -1.74. The van der Waals surface area contributed by atoms with Gasteiger partial charge in [0.05, 0.1) is 13.2 Å². The molecule has 4 heteroatoms. The Kier molecular flexibility index (Phi) is 6.01. The van der Waals surface area contributed by atoms with Gasteiger partial charge in [0.15, 0.2) is 0 Å². The van der Waals surface area contributed by atoms with Crippen LogP contribution < -0.4 is 10.1 Å². The van der Waals surface area contributed by atoms with E-state index in [1.807, 2.05) is 31.2 Å². The molecule has 1 aromatic rings. The number of para-hydroxylation sites is 1. The number of benzene rings is 1. The van der Waals surface area contributed by atoms with Crippen molar-refractivity contribution in [1.29, 1.82) is 0 Å². The molecule has 0 saturated carbocycles. The summed E-state index contributed by atoms with van der Waals surface area (Å²) in [6.07, 6.45) is 3.15. The lowest BCUT2D eigenvalue weighted by atomic mass is 10.2. The standard InChI is InChI=1S/C14H16ClNO2/c1-3-18-13-7-5-4-6-12(13)8-9-14(17)16-10-11(2)15/h4-9H,2-3,10H2,1H3,(H,16,17)/b9-8+. The van der Waals surface area contributed by atoms with E-state index in [1.165, 1.54) is 6.08 Å². The molecule has 0 fully saturated rings. The van der Waals surface area contributed by atoms with Gasteiger partial charge in [-0.2, -0.15) is 0 Å². The molecule has 1 amide bonds. The van der Waals surface area contributed by atoms with E-state index in [9.17, 15) is 4.79 Å². The SMILES string of the molecule is C=C(Cl)CNC(=O)/C=C/c1ccccc1OCC. The van der Waals surface area contributed by atoms with Crippen LogP contribution in [-0.2, 0) is 4.79 Å². The van der Waals surface area contributed by atoms with Crippen molar-refractivity contribution in [3.63, 3.8) is 0 Å². The molecule has 0 heterocycles.